The van der Waals surface area contributed by atoms with Crippen molar-refractivity contribution in [2.75, 3.05) is 18.6 Å². The van der Waals surface area contributed by atoms with Gasteiger partial charge in [0, 0.05) is 18.3 Å². The van der Waals surface area contributed by atoms with Crippen molar-refractivity contribution < 1.29 is 14.3 Å². The van der Waals surface area contributed by atoms with Crippen LogP contribution in [0.15, 0.2) is 42.6 Å². The van der Waals surface area contributed by atoms with Crippen LogP contribution >= 0.6 is 0 Å². The summed E-state index contributed by atoms with van der Waals surface area (Å²) in [5, 5.41) is 0. The Morgan fingerprint density at radius 2 is 2.14 bits per heavy atom. The predicted molar refractivity (Wildman–Crippen MR) is 77.4 cm³/mol. The van der Waals surface area contributed by atoms with Gasteiger partial charge in [-0.05, 0) is 42.3 Å². The van der Waals surface area contributed by atoms with Crippen molar-refractivity contribution in [2.24, 2.45) is 0 Å². The number of hydrogen-bond acceptors (Lipinski definition) is 4. The van der Waals surface area contributed by atoms with E-state index in [0.717, 1.165) is 5.56 Å². The van der Waals surface area contributed by atoms with Crippen molar-refractivity contribution in [2.45, 2.75) is 6.42 Å². The molecule has 0 radical (unpaired) electrons. The molecule has 1 aliphatic rings. The highest BCUT2D eigenvalue weighted by atomic mass is 16.5. The van der Waals surface area contributed by atoms with E-state index < -0.39 is 5.97 Å². The van der Waals surface area contributed by atoms with Crippen LogP contribution in [0.5, 0.6) is 0 Å². The quantitative estimate of drug-likeness (QED) is 0.791. The van der Waals surface area contributed by atoms with E-state index in [1.165, 1.54) is 7.11 Å². The van der Waals surface area contributed by atoms with Gasteiger partial charge in [-0.15, -0.1) is 0 Å². The third kappa shape index (κ3) is 2.38. The Labute approximate surface area is 122 Å². The van der Waals surface area contributed by atoms with E-state index in [4.69, 9.17) is 4.74 Å². The zero-order chi connectivity index (χ0) is 14.8. The van der Waals surface area contributed by atoms with Crippen LogP contribution < -0.4 is 4.90 Å². The number of carbonyl (C=O) groups excluding carboxylic acids is 2. The highest BCUT2D eigenvalue weighted by Crippen LogP contribution is 2.24. The fourth-order valence-corrected chi connectivity index (χ4v) is 2.47. The number of carbonyl (C=O) groups is 2. The van der Waals surface area contributed by atoms with Gasteiger partial charge in [-0.25, -0.2) is 9.78 Å². The second-order valence-electron chi connectivity index (χ2n) is 4.76. The van der Waals surface area contributed by atoms with E-state index in [-0.39, 0.29) is 5.91 Å². The summed E-state index contributed by atoms with van der Waals surface area (Å²) in [6.45, 7) is 0.549. The highest BCUT2D eigenvalue weighted by molar-refractivity contribution is 6.08. The molecule has 106 valence electrons. The molecule has 5 heteroatoms. The molecule has 0 fully saturated rings. The van der Waals surface area contributed by atoms with E-state index in [9.17, 15) is 9.59 Å². The van der Waals surface area contributed by atoms with Gasteiger partial charge in [0.15, 0.2) is 0 Å². The first kappa shape index (κ1) is 13.3. The molecule has 1 aromatic carbocycles. The number of amides is 1. The molecule has 1 amide bonds. The number of methoxy groups -OCH3 is 1. The van der Waals surface area contributed by atoms with Gasteiger partial charge in [-0.2, -0.15) is 0 Å². The third-order valence-corrected chi connectivity index (χ3v) is 3.53. The summed E-state index contributed by atoms with van der Waals surface area (Å²) in [4.78, 5) is 29.9. The van der Waals surface area contributed by atoms with Crippen molar-refractivity contribution in [3.05, 3.63) is 59.3 Å². The minimum atomic E-state index is -0.391. The zero-order valence-electron chi connectivity index (χ0n) is 11.6. The van der Waals surface area contributed by atoms with Gasteiger partial charge < -0.3 is 4.74 Å². The second-order valence-corrected chi connectivity index (χ2v) is 4.76. The van der Waals surface area contributed by atoms with Gasteiger partial charge in [-0.3, -0.25) is 9.69 Å². The van der Waals surface area contributed by atoms with Gasteiger partial charge in [0.05, 0.1) is 12.7 Å². The highest BCUT2D eigenvalue weighted by Gasteiger charge is 2.26. The molecule has 21 heavy (non-hydrogen) atoms. The molecule has 0 atom stereocenters. The number of fused-ring (bicyclic) bond motifs is 1. The Morgan fingerprint density at radius 3 is 2.86 bits per heavy atom. The Morgan fingerprint density at radius 1 is 1.29 bits per heavy atom. The van der Waals surface area contributed by atoms with E-state index >= 15 is 0 Å². The first-order chi connectivity index (χ1) is 10.2. The molecule has 5 nitrogen and oxygen atoms in total. The average Bonchev–Trinajstić information content (AvgIpc) is 2.55. The molecule has 0 spiro atoms. The summed E-state index contributed by atoms with van der Waals surface area (Å²) in [6, 6.07) is 10.5. The molecule has 3 rings (SSSR count). The lowest BCUT2D eigenvalue weighted by Crippen LogP contribution is -2.38. The number of rotatable bonds is 2. The fraction of sp³-hybridized carbons (Fsp3) is 0.188. The molecule has 0 unspecified atom stereocenters. The maximum Gasteiger partial charge on any atom is 0.337 e. The zero-order valence-corrected chi connectivity index (χ0v) is 11.6. The molecule has 2 aromatic rings. The van der Waals surface area contributed by atoms with Gasteiger partial charge >= 0.3 is 5.97 Å². The SMILES string of the molecule is COC(=O)c1ccc2c(c1)CCN(c1ccccn1)C2=O. The summed E-state index contributed by atoms with van der Waals surface area (Å²) in [5.74, 6) is 0.161. The van der Waals surface area contributed by atoms with Crippen molar-refractivity contribution >= 4 is 17.7 Å². The number of pyridine rings is 1. The molecular formula is C16H14N2O3. The molecule has 1 aliphatic heterocycles. The summed E-state index contributed by atoms with van der Waals surface area (Å²) < 4.78 is 4.70. The standard InChI is InChI=1S/C16H14N2O3/c1-21-16(20)12-5-6-13-11(10-12)7-9-18(15(13)19)14-4-2-3-8-17-14/h2-6,8,10H,7,9H2,1H3. The number of ether oxygens (including phenoxy) is 1. The number of aromatic nitrogens is 1. The molecule has 1 aromatic heterocycles. The largest absolute Gasteiger partial charge is 0.465 e. The van der Waals surface area contributed by atoms with Crippen LogP contribution in [-0.4, -0.2) is 30.5 Å². The number of anilines is 1. The summed E-state index contributed by atoms with van der Waals surface area (Å²) in [7, 11) is 1.34. The number of hydrogen-bond donors (Lipinski definition) is 0. The third-order valence-electron chi connectivity index (χ3n) is 3.53. The molecule has 0 N–H and O–H groups in total. The molecular weight excluding hydrogens is 268 g/mol. The number of benzene rings is 1. The van der Waals surface area contributed by atoms with Crippen LogP contribution in [0.2, 0.25) is 0 Å². The van der Waals surface area contributed by atoms with Gasteiger partial charge in [0.2, 0.25) is 0 Å². The van der Waals surface area contributed by atoms with E-state index in [2.05, 4.69) is 4.98 Å². The minimum Gasteiger partial charge on any atom is -0.465 e. The number of esters is 1. The lowest BCUT2D eigenvalue weighted by molar-refractivity contribution is 0.0600. The summed E-state index contributed by atoms with van der Waals surface area (Å²) in [5.41, 5.74) is 1.95. The van der Waals surface area contributed by atoms with E-state index in [0.29, 0.717) is 29.9 Å². The summed E-state index contributed by atoms with van der Waals surface area (Å²) in [6.07, 6.45) is 2.35. The van der Waals surface area contributed by atoms with Crippen LogP contribution in [0.25, 0.3) is 0 Å². The minimum absolute atomic E-state index is 0.0913. The Hall–Kier alpha value is -2.69. The topological polar surface area (TPSA) is 59.5 Å². The molecule has 0 saturated heterocycles. The first-order valence-electron chi connectivity index (χ1n) is 6.65. The van der Waals surface area contributed by atoms with Gasteiger partial charge in [0.1, 0.15) is 5.82 Å². The Bertz CT molecular complexity index is 698. The van der Waals surface area contributed by atoms with Crippen molar-refractivity contribution in [1.82, 2.24) is 4.98 Å². The van der Waals surface area contributed by atoms with E-state index in [1.807, 2.05) is 18.2 Å². The Kier molecular flexibility index (Phi) is 3.39. The second kappa shape index (κ2) is 5.36. The average molecular weight is 282 g/mol. The molecule has 0 saturated carbocycles. The molecule has 0 aliphatic carbocycles. The van der Waals surface area contributed by atoms with Crippen LogP contribution in [0, 0.1) is 0 Å². The lowest BCUT2D eigenvalue weighted by Gasteiger charge is -2.27. The van der Waals surface area contributed by atoms with Crippen LogP contribution in [0.3, 0.4) is 0 Å². The maximum absolute atomic E-state index is 12.5. The number of nitrogens with zero attached hydrogens (tertiary/aromatic N) is 2. The fourth-order valence-electron chi connectivity index (χ4n) is 2.47. The van der Waals surface area contributed by atoms with E-state index in [1.54, 1.807) is 29.3 Å². The van der Waals surface area contributed by atoms with Gasteiger partial charge in [-0.1, -0.05) is 6.07 Å². The molecule has 2 heterocycles. The van der Waals surface area contributed by atoms with Crippen LogP contribution in [0.4, 0.5) is 5.82 Å². The van der Waals surface area contributed by atoms with Gasteiger partial charge in [0.25, 0.3) is 5.91 Å². The van der Waals surface area contributed by atoms with Crippen LogP contribution in [-0.2, 0) is 11.2 Å². The van der Waals surface area contributed by atoms with Crippen molar-refractivity contribution in [1.29, 1.82) is 0 Å². The monoisotopic (exact) mass is 282 g/mol. The normalized spacial score (nSPS) is 13.8. The smallest absolute Gasteiger partial charge is 0.337 e. The first-order valence-corrected chi connectivity index (χ1v) is 6.65. The summed E-state index contributed by atoms with van der Waals surface area (Å²) >= 11 is 0. The Balaban J connectivity index is 1.94. The van der Waals surface area contributed by atoms with Crippen molar-refractivity contribution in [3.63, 3.8) is 0 Å². The maximum atomic E-state index is 12.5. The van der Waals surface area contributed by atoms with Crippen molar-refractivity contribution in [3.8, 4) is 0 Å². The lowest BCUT2D eigenvalue weighted by atomic mass is 9.96. The predicted octanol–water partition coefficient (Wildman–Crippen LogP) is 2.07. The van der Waals surface area contributed by atoms with Crippen LogP contribution in [0.1, 0.15) is 26.3 Å². The molecule has 0 bridgehead atoms.